The van der Waals surface area contributed by atoms with Gasteiger partial charge in [0.25, 0.3) is 0 Å². The van der Waals surface area contributed by atoms with Gasteiger partial charge in [0, 0.05) is 18.2 Å². The molecule has 1 aliphatic rings. The number of ether oxygens (including phenoxy) is 1. The van der Waals surface area contributed by atoms with Crippen molar-refractivity contribution in [2.75, 3.05) is 7.11 Å². The maximum Gasteiger partial charge on any atom is 0.315 e. The number of rotatable bonds is 4. The fraction of sp³-hybridized carbons (Fsp3) is 0.562. The first-order chi connectivity index (χ1) is 9.70. The first-order valence-corrected chi connectivity index (χ1v) is 7.37. The van der Waals surface area contributed by atoms with E-state index in [-0.39, 0.29) is 6.03 Å². The maximum atomic E-state index is 12.0. The third-order valence-corrected chi connectivity index (χ3v) is 4.06. The van der Waals surface area contributed by atoms with Crippen molar-refractivity contribution in [3.8, 4) is 5.75 Å². The Kier molecular flexibility index (Phi) is 5.27. The second-order valence-corrected chi connectivity index (χ2v) is 5.51. The minimum atomic E-state index is -0.0883. The summed E-state index contributed by atoms with van der Waals surface area (Å²) in [5.74, 6) is 1.37. The predicted octanol–water partition coefficient (Wildman–Crippen LogP) is 3.07. The summed E-state index contributed by atoms with van der Waals surface area (Å²) < 4.78 is 5.27. The zero-order valence-corrected chi connectivity index (χ0v) is 12.3. The van der Waals surface area contributed by atoms with Gasteiger partial charge in [-0.1, -0.05) is 38.0 Å². The molecule has 0 bridgehead atoms. The Hall–Kier alpha value is -1.71. The molecule has 1 fully saturated rings. The van der Waals surface area contributed by atoms with Crippen molar-refractivity contribution in [2.24, 2.45) is 5.92 Å². The van der Waals surface area contributed by atoms with Crippen LogP contribution in [-0.2, 0) is 6.54 Å². The lowest BCUT2D eigenvalue weighted by molar-refractivity contribution is 0.221. The lowest BCUT2D eigenvalue weighted by atomic mass is 9.86. The molecule has 0 heterocycles. The molecule has 1 aromatic rings. The number of carbonyl (C=O) groups is 1. The number of benzene rings is 1. The van der Waals surface area contributed by atoms with E-state index >= 15 is 0 Å². The molecule has 20 heavy (non-hydrogen) atoms. The van der Waals surface area contributed by atoms with Crippen molar-refractivity contribution in [3.05, 3.63) is 29.8 Å². The third kappa shape index (κ3) is 3.89. The van der Waals surface area contributed by atoms with E-state index in [1.807, 2.05) is 24.3 Å². The Morgan fingerprint density at radius 1 is 1.30 bits per heavy atom. The van der Waals surface area contributed by atoms with Crippen LogP contribution in [0.2, 0.25) is 0 Å². The fourth-order valence-corrected chi connectivity index (χ4v) is 2.77. The number of nitrogens with one attached hydrogen (secondary N) is 2. The molecule has 0 aliphatic heterocycles. The van der Waals surface area contributed by atoms with Gasteiger partial charge in [-0.15, -0.1) is 0 Å². The van der Waals surface area contributed by atoms with Gasteiger partial charge in [-0.05, 0) is 24.8 Å². The van der Waals surface area contributed by atoms with E-state index < -0.39 is 0 Å². The Morgan fingerprint density at radius 2 is 2.05 bits per heavy atom. The Balaban J connectivity index is 1.82. The van der Waals surface area contributed by atoms with Crippen molar-refractivity contribution in [1.82, 2.24) is 10.6 Å². The zero-order valence-electron chi connectivity index (χ0n) is 12.3. The summed E-state index contributed by atoms with van der Waals surface area (Å²) in [5, 5.41) is 6.00. The molecule has 2 atom stereocenters. The van der Waals surface area contributed by atoms with Gasteiger partial charge in [0.2, 0.25) is 0 Å². The number of para-hydroxylation sites is 1. The Labute approximate surface area is 120 Å². The van der Waals surface area contributed by atoms with Gasteiger partial charge in [0.05, 0.1) is 7.11 Å². The summed E-state index contributed by atoms with van der Waals surface area (Å²) in [6.45, 7) is 2.70. The van der Waals surface area contributed by atoms with Gasteiger partial charge in [-0.25, -0.2) is 4.79 Å². The van der Waals surface area contributed by atoms with Crippen LogP contribution >= 0.6 is 0 Å². The summed E-state index contributed by atoms with van der Waals surface area (Å²) in [7, 11) is 1.64. The van der Waals surface area contributed by atoms with Gasteiger partial charge in [0.1, 0.15) is 5.75 Å². The molecule has 0 radical (unpaired) electrons. The number of amides is 2. The van der Waals surface area contributed by atoms with Crippen LogP contribution in [0.3, 0.4) is 0 Å². The van der Waals surface area contributed by atoms with Crippen LogP contribution in [-0.4, -0.2) is 19.2 Å². The number of hydrogen-bond donors (Lipinski definition) is 2. The van der Waals surface area contributed by atoms with E-state index in [9.17, 15) is 4.79 Å². The second-order valence-electron chi connectivity index (χ2n) is 5.51. The van der Waals surface area contributed by atoms with Crippen LogP contribution in [0.1, 0.15) is 38.2 Å². The highest BCUT2D eigenvalue weighted by atomic mass is 16.5. The predicted molar refractivity (Wildman–Crippen MR) is 79.8 cm³/mol. The monoisotopic (exact) mass is 276 g/mol. The highest BCUT2D eigenvalue weighted by molar-refractivity contribution is 5.74. The quantitative estimate of drug-likeness (QED) is 0.888. The molecule has 0 aromatic heterocycles. The van der Waals surface area contributed by atoms with E-state index in [0.717, 1.165) is 17.7 Å². The van der Waals surface area contributed by atoms with Crippen molar-refractivity contribution in [1.29, 1.82) is 0 Å². The molecule has 2 amide bonds. The molecular weight excluding hydrogens is 252 g/mol. The Bertz CT molecular complexity index is 448. The summed E-state index contributed by atoms with van der Waals surface area (Å²) in [4.78, 5) is 12.0. The highest BCUT2D eigenvalue weighted by Crippen LogP contribution is 2.23. The van der Waals surface area contributed by atoms with Crippen LogP contribution in [0.5, 0.6) is 5.75 Å². The van der Waals surface area contributed by atoms with Gasteiger partial charge in [-0.3, -0.25) is 0 Å². The number of carbonyl (C=O) groups excluding carboxylic acids is 1. The first kappa shape index (κ1) is 14.7. The molecule has 4 heteroatoms. The van der Waals surface area contributed by atoms with Crippen molar-refractivity contribution in [2.45, 2.75) is 45.2 Å². The van der Waals surface area contributed by atoms with Gasteiger partial charge in [-0.2, -0.15) is 0 Å². The molecule has 0 unspecified atom stereocenters. The topological polar surface area (TPSA) is 50.4 Å². The molecule has 2 N–H and O–H groups in total. The summed E-state index contributed by atoms with van der Waals surface area (Å²) in [6, 6.07) is 7.95. The molecule has 2 rings (SSSR count). The summed E-state index contributed by atoms with van der Waals surface area (Å²) in [6.07, 6.45) is 4.78. The molecule has 110 valence electrons. The fourth-order valence-electron chi connectivity index (χ4n) is 2.77. The SMILES string of the molecule is COc1ccccc1CNC(=O)N[C@H]1CCCC[C@H]1C. The van der Waals surface area contributed by atoms with E-state index in [4.69, 9.17) is 4.74 Å². The lowest BCUT2D eigenvalue weighted by Gasteiger charge is -2.29. The van der Waals surface area contributed by atoms with Gasteiger partial charge < -0.3 is 15.4 Å². The first-order valence-electron chi connectivity index (χ1n) is 7.37. The van der Waals surface area contributed by atoms with E-state index in [2.05, 4.69) is 17.6 Å². The average Bonchev–Trinajstić information content (AvgIpc) is 2.48. The van der Waals surface area contributed by atoms with Crippen LogP contribution in [0.4, 0.5) is 4.79 Å². The summed E-state index contributed by atoms with van der Waals surface area (Å²) >= 11 is 0. The van der Waals surface area contributed by atoms with Crippen LogP contribution in [0.25, 0.3) is 0 Å². The molecule has 0 saturated heterocycles. The van der Waals surface area contributed by atoms with E-state index in [1.54, 1.807) is 7.11 Å². The van der Waals surface area contributed by atoms with Gasteiger partial charge in [0.15, 0.2) is 0 Å². The minimum absolute atomic E-state index is 0.0883. The second kappa shape index (κ2) is 7.17. The maximum absolute atomic E-state index is 12.0. The van der Waals surface area contributed by atoms with Crippen molar-refractivity contribution in [3.63, 3.8) is 0 Å². The van der Waals surface area contributed by atoms with Crippen molar-refractivity contribution >= 4 is 6.03 Å². The van der Waals surface area contributed by atoms with E-state index in [1.165, 1.54) is 19.3 Å². The Morgan fingerprint density at radius 3 is 2.80 bits per heavy atom. The lowest BCUT2D eigenvalue weighted by Crippen LogP contribution is -2.45. The van der Waals surface area contributed by atoms with Crippen LogP contribution in [0, 0.1) is 5.92 Å². The van der Waals surface area contributed by atoms with Crippen LogP contribution in [0.15, 0.2) is 24.3 Å². The van der Waals surface area contributed by atoms with Crippen molar-refractivity contribution < 1.29 is 9.53 Å². The van der Waals surface area contributed by atoms with Gasteiger partial charge >= 0.3 is 6.03 Å². The molecule has 1 aliphatic carbocycles. The molecule has 4 nitrogen and oxygen atoms in total. The standard InChI is InChI=1S/C16H24N2O2/c1-12-7-3-5-9-14(12)18-16(19)17-11-13-8-4-6-10-15(13)20-2/h4,6,8,10,12,14H,3,5,7,9,11H2,1-2H3,(H2,17,18,19)/t12-,14+/m1/s1. The molecule has 1 saturated carbocycles. The largest absolute Gasteiger partial charge is 0.496 e. The molecular formula is C16H24N2O2. The number of hydrogen-bond acceptors (Lipinski definition) is 2. The molecule has 1 aromatic carbocycles. The number of methoxy groups -OCH3 is 1. The smallest absolute Gasteiger partial charge is 0.315 e. The minimum Gasteiger partial charge on any atom is -0.496 e. The average molecular weight is 276 g/mol. The summed E-state index contributed by atoms with van der Waals surface area (Å²) in [5.41, 5.74) is 0.988. The van der Waals surface area contributed by atoms with Crippen LogP contribution < -0.4 is 15.4 Å². The zero-order chi connectivity index (χ0) is 14.4. The normalized spacial score (nSPS) is 22.1. The molecule has 0 spiro atoms. The van der Waals surface area contributed by atoms with E-state index in [0.29, 0.717) is 18.5 Å². The number of urea groups is 1. The highest BCUT2D eigenvalue weighted by Gasteiger charge is 2.22. The third-order valence-electron chi connectivity index (χ3n) is 4.06.